The first-order chi connectivity index (χ1) is 13.4. The van der Waals surface area contributed by atoms with Crippen molar-refractivity contribution in [3.05, 3.63) is 64.7 Å². The Morgan fingerprint density at radius 3 is 2.39 bits per heavy atom. The highest BCUT2D eigenvalue weighted by Crippen LogP contribution is 2.16. The van der Waals surface area contributed by atoms with Crippen LogP contribution in [0.1, 0.15) is 18.1 Å². The first kappa shape index (κ1) is 20.2. The summed E-state index contributed by atoms with van der Waals surface area (Å²) in [6.07, 6.45) is 0. The zero-order valence-corrected chi connectivity index (χ0v) is 16.9. The molecule has 0 aliphatic carbocycles. The molecule has 2 aromatic rings. The van der Waals surface area contributed by atoms with Gasteiger partial charge >= 0.3 is 6.03 Å². The van der Waals surface area contributed by atoms with E-state index in [0.717, 1.165) is 17.7 Å². The monoisotopic (exact) mass is 400 g/mol. The Bertz CT molecular complexity index is 823. The minimum atomic E-state index is -0.273. The fraction of sp³-hybridized carbons (Fsp3) is 0.333. The van der Waals surface area contributed by atoms with Crippen LogP contribution in [0.2, 0.25) is 5.02 Å². The van der Waals surface area contributed by atoms with Crippen molar-refractivity contribution in [1.29, 1.82) is 0 Å². The van der Waals surface area contributed by atoms with E-state index in [-0.39, 0.29) is 18.0 Å². The van der Waals surface area contributed by atoms with Crippen LogP contribution in [0.25, 0.3) is 0 Å². The summed E-state index contributed by atoms with van der Waals surface area (Å²) < 4.78 is 0. The van der Waals surface area contributed by atoms with Crippen LogP contribution in [-0.2, 0) is 17.9 Å². The zero-order chi connectivity index (χ0) is 20.1. The van der Waals surface area contributed by atoms with Crippen LogP contribution in [0, 0.1) is 0 Å². The molecule has 1 fully saturated rings. The van der Waals surface area contributed by atoms with Gasteiger partial charge in [0.15, 0.2) is 0 Å². The Labute approximate surface area is 170 Å². The second-order valence-electron chi connectivity index (χ2n) is 7.20. The van der Waals surface area contributed by atoms with Crippen LogP contribution in [0.15, 0.2) is 48.5 Å². The summed E-state index contributed by atoms with van der Waals surface area (Å²) in [6, 6.07) is 14.8. The number of urea groups is 1. The van der Waals surface area contributed by atoms with Gasteiger partial charge in [-0.15, -0.1) is 0 Å². The summed E-state index contributed by atoms with van der Waals surface area (Å²) in [5.41, 5.74) is 2.72. The topological polar surface area (TPSA) is 64.7 Å². The number of rotatable bonds is 5. The molecule has 1 heterocycles. The van der Waals surface area contributed by atoms with E-state index in [1.54, 1.807) is 12.1 Å². The molecule has 0 bridgehead atoms. The Morgan fingerprint density at radius 1 is 1.11 bits per heavy atom. The van der Waals surface area contributed by atoms with Crippen LogP contribution in [0.4, 0.5) is 10.5 Å². The molecule has 0 unspecified atom stereocenters. The van der Waals surface area contributed by atoms with Crippen molar-refractivity contribution in [1.82, 2.24) is 15.1 Å². The van der Waals surface area contributed by atoms with E-state index in [1.165, 1.54) is 0 Å². The summed E-state index contributed by atoms with van der Waals surface area (Å²) in [4.78, 5) is 28.3. The van der Waals surface area contributed by atoms with E-state index in [9.17, 15) is 9.59 Å². The number of hydrogen-bond acceptors (Lipinski definition) is 3. The summed E-state index contributed by atoms with van der Waals surface area (Å²) >= 11 is 5.85. The van der Waals surface area contributed by atoms with Crippen LogP contribution < -0.4 is 10.6 Å². The van der Waals surface area contributed by atoms with Gasteiger partial charge in [0, 0.05) is 36.4 Å². The number of hydrogen-bond donors (Lipinski definition) is 2. The van der Waals surface area contributed by atoms with Gasteiger partial charge in [-0.1, -0.05) is 35.9 Å². The Kier molecular flexibility index (Phi) is 6.54. The quantitative estimate of drug-likeness (QED) is 0.809. The minimum absolute atomic E-state index is 0.144. The third-order valence-electron chi connectivity index (χ3n) is 4.76. The lowest BCUT2D eigenvalue weighted by Crippen LogP contribution is -2.53. The van der Waals surface area contributed by atoms with Crippen LogP contribution >= 0.6 is 11.6 Å². The number of nitrogens with one attached hydrogen (secondary N) is 2. The van der Waals surface area contributed by atoms with Gasteiger partial charge in [-0.3, -0.25) is 9.69 Å². The number of carbonyl (C=O) groups excluding carboxylic acids is 2. The van der Waals surface area contributed by atoms with Crippen LogP contribution in [0.5, 0.6) is 0 Å². The molecule has 0 radical (unpaired) electrons. The van der Waals surface area contributed by atoms with E-state index in [1.807, 2.05) is 53.2 Å². The first-order valence-electron chi connectivity index (χ1n) is 9.27. The average molecular weight is 401 g/mol. The number of halogens is 1. The van der Waals surface area contributed by atoms with Gasteiger partial charge in [-0.2, -0.15) is 0 Å². The van der Waals surface area contributed by atoms with Crippen molar-refractivity contribution in [3.8, 4) is 0 Å². The lowest BCUT2D eigenvalue weighted by atomic mass is 10.1. The van der Waals surface area contributed by atoms with Crippen LogP contribution in [0.3, 0.4) is 0 Å². The van der Waals surface area contributed by atoms with Crippen molar-refractivity contribution in [3.63, 3.8) is 0 Å². The predicted molar refractivity (Wildman–Crippen MR) is 111 cm³/mol. The molecule has 0 aromatic heterocycles. The molecule has 7 heteroatoms. The maximum absolute atomic E-state index is 12.3. The van der Waals surface area contributed by atoms with Gasteiger partial charge < -0.3 is 15.5 Å². The number of carbonyl (C=O) groups is 2. The van der Waals surface area contributed by atoms with Crippen molar-refractivity contribution >= 4 is 29.2 Å². The average Bonchev–Trinajstić information content (AvgIpc) is 2.65. The molecule has 3 rings (SSSR count). The van der Waals surface area contributed by atoms with Crippen molar-refractivity contribution in [2.24, 2.45) is 0 Å². The minimum Gasteiger partial charge on any atom is -0.334 e. The molecule has 1 aliphatic heterocycles. The van der Waals surface area contributed by atoms with Gasteiger partial charge in [0.2, 0.25) is 5.91 Å². The van der Waals surface area contributed by atoms with E-state index in [0.29, 0.717) is 30.3 Å². The fourth-order valence-corrected chi connectivity index (χ4v) is 3.40. The summed E-state index contributed by atoms with van der Waals surface area (Å²) in [7, 11) is 1.96. The zero-order valence-electron chi connectivity index (χ0n) is 16.1. The standard InChI is InChI=1S/C21H25ClN4O2/c1-15-12-25(2)14-20(27)26(15)13-17-5-9-19(10-6-17)24-21(28)23-11-16-3-7-18(22)8-4-16/h3-10,15H,11-14H2,1-2H3,(H2,23,24,28)/t15-/m1/s1. The number of nitrogens with zero attached hydrogens (tertiary/aromatic N) is 2. The van der Waals surface area contributed by atoms with Gasteiger partial charge in [0.1, 0.15) is 0 Å². The first-order valence-corrected chi connectivity index (χ1v) is 9.65. The summed E-state index contributed by atoms with van der Waals surface area (Å²) in [6.45, 7) is 4.40. The fourth-order valence-electron chi connectivity index (χ4n) is 3.28. The lowest BCUT2D eigenvalue weighted by Gasteiger charge is -2.38. The maximum atomic E-state index is 12.3. The molecule has 2 aromatic carbocycles. The molecule has 28 heavy (non-hydrogen) atoms. The summed E-state index contributed by atoms with van der Waals surface area (Å²) in [5.74, 6) is 0.144. The maximum Gasteiger partial charge on any atom is 0.319 e. The molecule has 1 atom stereocenters. The molecular formula is C21H25ClN4O2. The third-order valence-corrected chi connectivity index (χ3v) is 5.02. The second-order valence-corrected chi connectivity index (χ2v) is 7.63. The number of likely N-dealkylation sites (N-methyl/N-ethyl adjacent to an activating group) is 1. The van der Waals surface area contributed by atoms with E-state index < -0.39 is 0 Å². The van der Waals surface area contributed by atoms with E-state index in [4.69, 9.17) is 11.6 Å². The van der Waals surface area contributed by atoms with Crippen molar-refractivity contribution < 1.29 is 9.59 Å². The predicted octanol–water partition coefficient (Wildman–Crippen LogP) is 3.32. The molecule has 2 N–H and O–H groups in total. The van der Waals surface area contributed by atoms with Gasteiger partial charge in [-0.25, -0.2) is 4.79 Å². The Morgan fingerprint density at radius 2 is 1.75 bits per heavy atom. The van der Waals surface area contributed by atoms with E-state index >= 15 is 0 Å². The molecule has 1 aliphatic rings. The van der Waals surface area contributed by atoms with Crippen molar-refractivity contribution in [2.45, 2.75) is 26.1 Å². The smallest absolute Gasteiger partial charge is 0.319 e. The lowest BCUT2D eigenvalue weighted by molar-refractivity contribution is -0.139. The molecule has 6 nitrogen and oxygen atoms in total. The largest absolute Gasteiger partial charge is 0.334 e. The van der Waals surface area contributed by atoms with Gasteiger partial charge in [0.25, 0.3) is 0 Å². The normalized spacial score (nSPS) is 17.5. The number of piperazine rings is 1. The summed E-state index contributed by atoms with van der Waals surface area (Å²) in [5, 5.41) is 6.29. The van der Waals surface area contributed by atoms with Gasteiger partial charge in [0.05, 0.1) is 6.54 Å². The number of amides is 3. The third kappa shape index (κ3) is 5.47. The van der Waals surface area contributed by atoms with Gasteiger partial charge in [-0.05, 0) is 49.4 Å². The highest BCUT2D eigenvalue weighted by Gasteiger charge is 2.27. The highest BCUT2D eigenvalue weighted by molar-refractivity contribution is 6.30. The Balaban J connectivity index is 1.50. The molecule has 0 spiro atoms. The SMILES string of the molecule is C[C@@H]1CN(C)CC(=O)N1Cc1ccc(NC(=O)NCc2ccc(Cl)cc2)cc1. The van der Waals surface area contributed by atoms with Crippen molar-refractivity contribution in [2.75, 3.05) is 25.5 Å². The number of benzene rings is 2. The molecule has 0 saturated carbocycles. The second kappa shape index (κ2) is 9.08. The molecule has 148 valence electrons. The molecule has 1 saturated heterocycles. The number of anilines is 1. The molecule has 3 amide bonds. The van der Waals surface area contributed by atoms with Crippen LogP contribution in [-0.4, -0.2) is 47.9 Å². The molecular weight excluding hydrogens is 376 g/mol. The Hall–Kier alpha value is -2.57. The highest BCUT2D eigenvalue weighted by atomic mass is 35.5. The van der Waals surface area contributed by atoms with E-state index in [2.05, 4.69) is 17.6 Å².